The van der Waals surface area contributed by atoms with Gasteiger partial charge in [-0.3, -0.25) is 4.79 Å². The maximum atomic E-state index is 10.8. The number of benzene rings is 3. The van der Waals surface area contributed by atoms with Crippen molar-refractivity contribution < 1.29 is 15.0 Å². The molecule has 0 aliphatic heterocycles. The standard InChI is InChI=1S/C18H14O3/c1-11-6-16(20)18(17(21)7-11)15-5-4-13-8-12(10-19)2-3-14(13)9-15/h2-10,20-21H,1H3. The Kier molecular flexibility index (Phi) is 3.10. The third-order valence-corrected chi connectivity index (χ3v) is 3.53. The predicted octanol–water partition coefficient (Wildman–Crippen LogP) is 4.04. The molecule has 0 aromatic heterocycles. The Bertz CT molecular complexity index is 827. The Hall–Kier alpha value is -2.81. The highest BCUT2D eigenvalue weighted by Gasteiger charge is 2.11. The Morgan fingerprint density at radius 1 is 0.857 bits per heavy atom. The smallest absolute Gasteiger partial charge is 0.150 e. The summed E-state index contributed by atoms with van der Waals surface area (Å²) >= 11 is 0. The van der Waals surface area contributed by atoms with Crippen LogP contribution in [-0.2, 0) is 0 Å². The summed E-state index contributed by atoms with van der Waals surface area (Å²) in [5.74, 6) is 0.104. The minimum Gasteiger partial charge on any atom is -0.507 e. The second kappa shape index (κ2) is 4.94. The number of rotatable bonds is 2. The van der Waals surface area contributed by atoms with Crippen LogP contribution in [0.2, 0.25) is 0 Å². The lowest BCUT2D eigenvalue weighted by Gasteiger charge is -2.10. The van der Waals surface area contributed by atoms with Crippen molar-refractivity contribution in [3.8, 4) is 22.6 Å². The summed E-state index contributed by atoms with van der Waals surface area (Å²) in [6.07, 6.45) is 0.810. The number of carbonyl (C=O) groups is 1. The number of hydrogen-bond donors (Lipinski definition) is 2. The molecule has 3 aromatic rings. The van der Waals surface area contributed by atoms with Crippen molar-refractivity contribution in [3.63, 3.8) is 0 Å². The van der Waals surface area contributed by atoms with E-state index in [0.717, 1.165) is 28.2 Å². The molecule has 0 atom stereocenters. The van der Waals surface area contributed by atoms with Crippen LogP contribution in [0, 0.1) is 6.92 Å². The van der Waals surface area contributed by atoms with Crippen molar-refractivity contribution in [1.82, 2.24) is 0 Å². The molecule has 3 aromatic carbocycles. The number of hydrogen-bond acceptors (Lipinski definition) is 3. The van der Waals surface area contributed by atoms with Crippen molar-refractivity contribution in [2.75, 3.05) is 0 Å². The van der Waals surface area contributed by atoms with E-state index in [4.69, 9.17) is 0 Å². The van der Waals surface area contributed by atoms with Gasteiger partial charge in [-0.05, 0) is 53.1 Å². The Balaban J connectivity index is 2.20. The van der Waals surface area contributed by atoms with Gasteiger partial charge in [0, 0.05) is 5.56 Å². The summed E-state index contributed by atoms with van der Waals surface area (Å²) in [4.78, 5) is 10.8. The maximum Gasteiger partial charge on any atom is 0.150 e. The second-order valence-electron chi connectivity index (χ2n) is 5.12. The fourth-order valence-corrected chi connectivity index (χ4v) is 2.54. The van der Waals surface area contributed by atoms with Crippen LogP contribution in [0.5, 0.6) is 11.5 Å². The fraction of sp³-hybridized carbons (Fsp3) is 0.0556. The van der Waals surface area contributed by atoms with Crippen LogP contribution in [0.3, 0.4) is 0 Å². The lowest BCUT2D eigenvalue weighted by Crippen LogP contribution is -1.85. The van der Waals surface area contributed by atoms with Gasteiger partial charge in [-0.1, -0.05) is 24.3 Å². The molecule has 0 saturated heterocycles. The first-order valence-electron chi connectivity index (χ1n) is 6.60. The third-order valence-electron chi connectivity index (χ3n) is 3.53. The van der Waals surface area contributed by atoms with Gasteiger partial charge in [0.2, 0.25) is 0 Å². The molecule has 0 unspecified atom stereocenters. The number of phenols is 2. The largest absolute Gasteiger partial charge is 0.507 e. The Morgan fingerprint density at radius 2 is 1.48 bits per heavy atom. The maximum absolute atomic E-state index is 10.8. The molecule has 0 fully saturated rings. The van der Waals surface area contributed by atoms with E-state index in [1.807, 2.05) is 31.2 Å². The van der Waals surface area contributed by atoms with E-state index in [1.54, 1.807) is 24.3 Å². The number of carbonyl (C=O) groups excluding carboxylic acids is 1. The van der Waals surface area contributed by atoms with Crippen LogP contribution < -0.4 is 0 Å². The zero-order valence-electron chi connectivity index (χ0n) is 11.5. The van der Waals surface area contributed by atoms with Gasteiger partial charge < -0.3 is 10.2 Å². The molecule has 0 spiro atoms. The minimum atomic E-state index is 0.0522. The predicted molar refractivity (Wildman–Crippen MR) is 82.8 cm³/mol. The molecule has 0 aliphatic carbocycles. The van der Waals surface area contributed by atoms with Crippen LogP contribution in [0.25, 0.3) is 21.9 Å². The van der Waals surface area contributed by atoms with E-state index in [-0.39, 0.29) is 11.5 Å². The fourth-order valence-electron chi connectivity index (χ4n) is 2.54. The monoisotopic (exact) mass is 278 g/mol. The molecule has 0 heterocycles. The average molecular weight is 278 g/mol. The lowest BCUT2D eigenvalue weighted by molar-refractivity contribution is 0.112. The second-order valence-corrected chi connectivity index (χ2v) is 5.12. The normalized spacial score (nSPS) is 10.7. The summed E-state index contributed by atoms with van der Waals surface area (Å²) in [6, 6.07) is 14.2. The van der Waals surface area contributed by atoms with Gasteiger partial charge >= 0.3 is 0 Å². The van der Waals surface area contributed by atoms with Gasteiger partial charge in [-0.25, -0.2) is 0 Å². The highest BCUT2D eigenvalue weighted by molar-refractivity contribution is 5.93. The Morgan fingerprint density at radius 3 is 2.14 bits per heavy atom. The molecule has 2 N–H and O–H groups in total. The number of aldehydes is 1. The van der Waals surface area contributed by atoms with Gasteiger partial charge in [0.15, 0.2) is 0 Å². The highest BCUT2D eigenvalue weighted by atomic mass is 16.3. The first kappa shape index (κ1) is 13.2. The van der Waals surface area contributed by atoms with Gasteiger partial charge in [0.25, 0.3) is 0 Å². The van der Waals surface area contributed by atoms with Crippen LogP contribution >= 0.6 is 0 Å². The van der Waals surface area contributed by atoms with Crippen molar-refractivity contribution in [3.05, 3.63) is 59.7 Å². The van der Waals surface area contributed by atoms with E-state index < -0.39 is 0 Å². The quantitative estimate of drug-likeness (QED) is 0.695. The number of fused-ring (bicyclic) bond motifs is 1. The van der Waals surface area contributed by atoms with Gasteiger partial charge in [-0.15, -0.1) is 0 Å². The molecule has 0 bridgehead atoms. The van der Waals surface area contributed by atoms with Crippen LogP contribution in [0.1, 0.15) is 15.9 Å². The molecule has 0 aliphatic rings. The van der Waals surface area contributed by atoms with E-state index in [1.165, 1.54) is 0 Å². The highest BCUT2D eigenvalue weighted by Crippen LogP contribution is 2.39. The summed E-state index contributed by atoms with van der Waals surface area (Å²) in [5, 5.41) is 22.0. The van der Waals surface area contributed by atoms with Crippen molar-refractivity contribution >= 4 is 17.1 Å². The average Bonchev–Trinajstić information content (AvgIpc) is 2.45. The van der Waals surface area contributed by atoms with Crippen LogP contribution in [0.15, 0.2) is 48.5 Å². The zero-order chi connectivity index (χ0) is 15.0. The first-order chi connectivity index (χ1) is 10.1. The van der Waals surface area contributed by atoms with E-state index in [2.05, 4.69) is 0 Å². The van der Waals surface area contributed by atoms with Crippen molar-refractivity contribution in [2.45, 2.75) is 6.92 Å². The van der Waals surface area contributed by atoms with Crippen LogP contribution in [0.4, 0.5) is 0 Å². The zero-order valence-corrected chi connectivity index (χ0v) is 11.5. The summed E-state index contributed by atoms with van der Waals surface area (Å²) in [7, 11) is 0. The summed E-state index contributed by atoms with van der Waals surface area (Å²) in [5.41, 5.74) is 2.57. The first-order valence-corrected chi connectivity index (χ1v) is 6.60. The minimum absolute atomic E-state index is 0.0522. The topological polar surface area (TPSA) is 57.5 Å². The van der Waals surface area contributed by atoms with Gasteiger partial charge in [0.1, 0.15) is 17.8 Å². The molecule has 3 rings (SSSR count). The Labute approximate surface area is 122 Å². The van der Waals surface area contributed by atoms with Gasteiger partial charge in [-0.2, -0.15) is 0 Å². The van der Waals surface area contributed by atoms with E-state index >= 15 is 0 Å². The molecule has 21 heavy (non-hydrogen) atoms. The molecule has 0 amide bonds. The van der Waals surface area contributed by atoms with E-state index in [9.17, 15) is 15.0 Å². The molecule has 104 valence electrons. The van der Waals surface area contributed by atoms with Crippen LogP contribution in [-0.4, -0.2) is 16.5 Å². The molecule has 3 nitrogen and oxygen atoms in total. The third kappa shape index (κ3) is 2.34. The van der Waals surface area contributed by atoms with Gasteiger partial charge in [0.05, 0.1) is 5.56 Å². The number of phenolic OH excluding ortho intramolecular Hbond substituents is 2. The molecule has 0 radical (unpaired) electrons. The summed E-state index contributed by atoms with van der Waals surface area (Å²) < 4.78 is 0. The number of aryl methyl sites for hydroxylation is 1. The number of aromatic hydroxyl groups is 2. The summed E-state index contributed by atoms with van der Waals surface area (Å²) in [6.45, 7) is 1.81. The molecular weight excluding hydrogens is 264 g/mol. The van der Waals surface area contributed by atoms with E-state index in [0.29, 0.717) is 11.1 Å². The van der Waals surface area contributed by atoms with Crippen molar-refractivity contribution in [1.29, 1.82) is 0 Å². The lowest BCUT2D eigenvalue weighted by atomic mass is 9.98. The molecular formula is C18H14O3. The SMILES string of the molecule is Cc1cc(O)c(-c2ccc3cc(C=O)ccc3c2)c(O)c1. The molecule has 3 heteroatoms. The molecule has 0 saturated carbocycles. The van der Waals surface area contributed by atoms with Crippen molar-refractivity contribution in [2.24, 2.45) is 0 Å².